The molecule has 0 aliphatic rings. The molecular formula is C17H14N2O2. The van der Waals surface area contributed by atoms with E-state index in [0.717, 1.165) is 33.1 Å². The molecule has 4 aromatic rings. The number of rotatable bonds is 2. The van der Waals surface area contributed by atoms with Gasteiger partial charge in [0.2, 0.25) is 5.88 Å². The molecule has 104 valence electrons. The largest absolute Gasteiger partial charge is 0.497 e. The van der Waals surface area contributed by atoms with E-state index < -0.39 is 0 Å². The van der Waals surface area contributed by atoms with Gasteiger partial charge in [0.1, 0.15) is 5.75 Å². The molecule has 2 N–H and O–H groups in total. The standard InChI is InChI=1S/C17H14N2O2/c1-21-14-5-3-12-10-19(17(20)15(12)9-14)13-4-2-11-6-7-18-16(11)8-13/h2-10,18,20H,1H3. The van der Waals surface area contributed by atoms with E-state index in [4.69, 9.17) is 4.74 Å². The second-order valence-corrected chi connectivity index (χ2v) is 5.03. The monoisotopic (exact) mass is 278 g/mol. The minimum Gasteiger partial charge on any atom is -0.497 e. The van der Waals surface area contributed by atoms with E-state index in [1.807, 2.05) is 54.9 Å². The number of ether oxygens (including phenoxy) is 1. The maximum absolute atomic E-state index is 10.5. The molecule has 2 aromatic carbocycles. The van der Waals surface area contributed by atoms with Gasteiger partial charge < -0.3 is 14.8 Å². The van der Waals surface area contributed by atoms with E-state index in [2.05, 4.69) is 4.98 Å². The van der Waals surface area contributed by atoms with Crippen LogP contribution in [0.3, 0.4) is 0 Å². The Kier molecular flexibility index (Phi) is 2.44. The van der Waals surface area contributed by atoms with Gasteiger partial charge in [-0.25, -0.2) is 0 Å². The van der Waals surface area contributed by atoms with Crippen molar-refractivity contribution in [1.82, 2.24) is 9.55 Å². The van der Waals surface area contributed by atoms with Gasteiger partial charge in [-0.2, -0.15) is 0 Å². The van der Waals surface area contributed by atoms with Crippen LogP contribution in [0.4, 0.5) is 0 Å². The zero-order valence-electron chi connectivity index (χ0n) is 11.5. The summed E-state index contributed by atoms with van der Waals surface area (Å²) < 4.78 is 7.00. The molecule has 0 saturated heterocycles. The van der Waals surface area contributed by atoms with Crippen molar-refractivity contribution in [3.8, 4) is 17.3 Å². The first-order valence-electron chi connectivity index (χ1n) is 6.72. The van der Waals surface area contributed by atoms with Gasteiger partial charge in [0, 0.05) is 28.7 Å². The van der Waals surface area contributed by atoms with Crippen molar-refractivity contribution in [2.45, 2.75) is 0 Å². The molecule has 4 heteroatoms. The molecule has 2 heterocycles. The van der Waals surface area contributed by atoms with Crippen molar-refractivity contribution in [3.05, 3.63) is 54.9 Å². The average Bonchev–Trinajstić information content (AvgIpc) is 3.11. The second-order valence-electron chi connectivity index (χ2n) is 5.03. The van der Waals surface area contributed by atoms with Gasteiger partial charge in [-0.1, -0.05) is 6.07 Å². The van der Waals surface area contributed by atoms with Crippen LogP contribution < -0.4 is 4.74 Å². The van der Waals surface area contributed by atoms with Crippen molar-refractivity contribution in [1.29, 1.82) is 0 Å². The van der Waals surface area contributed by atoms with E-state index >= 15 is 0 Å². The predicted octanol–water partition coefficient (Wildman–Crippen LogP) is 3.83. The van der Waals surface area contributed by atoms with Crippen LogP contribution in [0.1, 0.15) is 0 Å². The van der Waals surface area contributed by atoms with Gasteiger partial charge in [0.15, 0.2) is 0 Å². The van der Waals surface area contributed by atoms with Crippen LogP contribution in [-0.2, 0) is 0 Å². The lowest BCUT2D eigenvalue weighted by molar-refractivity contribution is 0.414. The number of nitrogens with one attached hydrogen (secondary N) is 1. The fourth-order valence-electron chi connectivity index (χ4n) is 2.68. The summed E-state index contributed by atoms with van der Waals surface area (Å²) in [6.07, 6.45) is 3.83. The SMILES string of the molecule is COc1ccc2cn(-c3ccc4cc[nH]c4c3)c(O)c2c1. The molecule has 0 aliphatic carbocycles. The van der Waals surface area contributed by atoms with Gasteiger partial charge in [0.05, 0.1) is 12.8 Å². The second kappa shape index (κ2) is 4.31. The van der Waals surface area contributed by atoms with Crippen molar-refractivity contribution >= 4 is 21.7 Å². The molecule has 0 fully saturated rings. The highest BCUT2D eigenvalue weighted by Crippen LogP contribution is 2.33. The lowest BCUT2D eigenvalue weighted by Gasteiger charge is -2.05. The summed E-state index contributed by atoms with van der Waals surface area (Å²) in [6, 6.07) is 13.7. The summed E-state index contributed by atoms with van der Waals surface area (Å²) in [6.45, 7) is 0. The van der Waals surface area contributed by atoms with Crippen molar-refractivity contribution < 1.29 is 9.84 Å². The predicted molar refractivity (Wildman–Crippen MR) is 83.3 cm³/mol. The number of aromatic hydroxyl groups is 1. The van der Waals surface area contributed by atoms with Gasteiger partial charge in [-0.05, 0) is 41.8 Å². The molecule has 0 aliphatic heterocycles. The summed E-state index contributed by atoms with van der Waals surface area (Å²) in [5, 5.41) is 13.4. The molecule has 0 atom stereocenters. The van der Waals surface area contributed by atoms with Gasteiger partial charge in [-0.3, -0.25) is 4.57 Å². The van der Waals surface area contributed by atoms with E-state index in [1.54, 1.807) is 11.7 Å². The van der Waals surface area contributed by atoms with Crippen LogP contribution in [0.5, 0.6) is 11.6 Å². The van der Waals surface area contributed by atoms with Crippen LogP contribution >= 0.6 is 0 Å². The molecule has 21 heavy (non-hydrogen) atoms. The normalized spacial score (nSPS) is 11.3. The Morgan fingerprint density at radius 1 is 1.05 bits per heavy atom. The van der Waals surface area contributed by atoms with Gasteiger partial charge >= 0.3 is 0 Å². The highest BCUT2D eigenvalue weighted by atomic mass is 16.5. The van der Waals surface area contributed by atoms with Crippen LogP contribution in [0, 0.1) is 0 Å². The number of aromatic nitrogens is 2. The minimum absolute atomic E-state index is 0.217. The third kappa shape index (κ3) is 1.76. The third-order valence-electron chi connectivity index (χ3n) is 3.81. The third-order valence-corrected chi connectivity index (χ3v) is 3.81. The molecule has 0 bridgehead atoms. The zero-order chi connectivity index (χ0) is 14.4. The van der Waals surface area contributed by atoms with Crippen molar-refractivity contribution in [3.63, 3.8) is 0 Å². The quantitative estimate of drug-likeness (QED) is 0.585. The molecule has 0 radical (unpaired) electrons. The smallest absolute Gasteiger partial charge is 0.203 e. The number of H-pyrrole nitrogens is 1. The van der Waals surface area contributed by atoms with Gasteiger partial charge in [-0.15, -0.1) is 0 Å². The summed E-state index contributed by atoms with van der Waals surface area (Å²) in [4.78, 5) is 3.19. The fourth-order valence-corrected chi connectivity index (χ4v) is 2.68. The first-order chi connectivity index (χ1) is 10.3. The molecule has 0 unspecified atom stereocenters. The Balaban J connectivity index is 1.94. The number of fused-ring (bicyclic) bond motifs is 2. The Morgan fingerprint density at radius 3 is 2.76 bits per heavy atom. The maximum Gasteiger partial charge on any atom is 0.203 e. The Bertz CT molecular complexity index is 950. The number of hydrogen-bond acceptors (Lipinski definition) is 2. The zero-order valence-corrected chi connectivity index (χ0v) is 11.5. The van der Waals surface area contributed by atoms with Crippen LogP contribution in [0.2, 0.25) is 0 Å². The molecule has 0 amide bonds. The number of methoxy groups -OCH3 is 1. The molecule has 2 aromatic heterocycles. The first-order valence-corrected chi connectivity index (χ1v) is 6.72. The van der Waals surface area contributed by atoms with E-state index in [9.17, 15) is 5.11 Å². The van der Waals surface area contributed by atoms with Gasteiger partial charge in [0.25, 0.3) is 0 Å². The van der Waals surface area contributed by atoms with Crippen molar-refractivity contribution in [2.75, 3.05) is 7.11 Å². The van der Waals surface area contributed by atoms with Crippen LogP contribution in [-0.4, -0.2) is 21.8 Å². The Morgan fingerprint density at radius 2 is 1.90 bits per heavy atom. The van der Waals surface area contributed by atoms with E-state index in [0.29, 0.717) is 0 Å². The molecular weight excluding hydrogens is 264 g/mol. The fraction of sp³-hybridized carbons (Fsp3) is 0.0588. The molecule has 4 rings (SSSR count). The summed E-state index contributed by atoms with van der Waals surface area (Å²) in [5.41, 5.74) is 1.96. The summed E-state index contributed by atoms with van der Waals surface area (Å²) in [7, 11) is 1.62. The first kappa shape index (κ1) is 11.9. The molecule has 0 spiro atoms. The number of nitrogens with zero attached hydrogens (tertiary/aromatic N) is 1. The summed E-state index contributed by atoms with van der Waals surface area (Å²) in [5.74, 6) is 0.949. The van der Waals surface area contributed by atoms with Crippen molar-refractivity contribution in [2.24, 2.45) is 0 Å². The topological polar surface area (TPSA) is 50.2 Å². The lowest BCUT2D eigenvalue weighted by Crippen LogP contribution is -1.90. The molecule has 4 nitrogen and oxygen atoms in total. The average molecular weight is 278 g/mol. The Hall–Kier alpha value is -2.88. The van der Waals surface area contributed by atoms with E-state index in [-0.39, 0.29) is 5.88 Å². The number of hydrogen-bond donors (Lipinski definition) is 2. The maximum atomic E-state index is 10.5. The lowest BCUT2D eigenvalue weighted by atomic mass is 10.2. The highest BCUT2D eigenvalue weighted by Gasteiger charge is 2.11. The Labute approximate surface area is 121 Å². The van der Waals surface area contributed by atoms with Crippen LogP contribution in [0.25, 0.3) is 27.4 Å². The highest BCUT2D eigenvalue weighted by molar-refractivity contribution is 5.90. The number of benzene rings is 2. The number of aromatic amines is 1. The minimum atomic E-state index is 0.217. The van der Waals surface area contributed by atoms with Crippen LogP contribution in [0.15, 0.2) is 54.9 Å². The van der Waals surface area contributed by atoms with E-state index in [1.165, 1.54) is 0 Å². The molecule has 0 saturated carbocycles. The summed E-state index contributed by atoms with van der Waals surface area (Å²) >= 11 is 0.